The Morgan fingerprint density at radius 3 is 2.58 bits per heavy atom. The van der Waals surface area contributed by atoms with Crippen molar-refractivity contribution in [2.75, 3.05) is 12.4 Å². The number of nitrogens with one attached hydrogen (secondary N) is 1. The van der Waals surface area contributed by atoms with Crippen molar-refractivity contribution in [3.63, 3.8) is 0 Å². The third kappa shape index (κ3) is 4.11. The molecule has 8 nitrogen and oxygen atoms in total. The average molecular weight is 578 g/mol. The van der Waals surface area contributed by atoms with Gasteiger partial charge in [0.2, 0.25) is 0 Å². The fraction of sp³-hybridized carbons (Fsp3) is 0.839. The smallest absolute Gasteiger partial charge is 0.407 e. The molecule has 0 aromatic rings. The standard InChI is InChI=1S/C31H47NO7S/c1-7-28(5)15-23(39-24(35)16-40-21-10-9-19(13-20(21)33)32-27(37)38-8-2)29(6)17(3)14-31-22(34)11-12-30(31,26(29)31)18(4)25(28)36/h7,17-21,23,25-26,33,36H,1,8-16H2,2-6H3,(H,32,37)/t17?,18-,19+,20+,21+,23+,25-,26-,28+,29-,30+,31?/m0/s1. The van der Waals surface area contributed by atoms with Gasteiger partial charge >= 0.3 is 12.1 Å². The molecule has 5 saturated carbocycles. The van der Waals surface area contributed by atoms with E-state index in [1.807, 2.05) is 13.0 Å². The number of ether oxygens (including phenoxy) is 2. The molecule has 0 saturated heterocycles. The zero-order chi connectivity index (χ0) is 29.3. The van der Waals surface area contributed by atoms with E-state index in [1.54, 1.807) is 6.92 Å². The largest absolute Gasteiger partial charge is 0.461 e. The normalized spacial score (nSPS) is 49.2. The van der Waals surface area contributed by atoms with Crippen LogP contribution >= 0.6 is 11.8 Å². The Kier molecular flexibility index (Phi) is 7.70. The van der Waals surface area contributed by atoms with Gasteiger partial charge in [-0.15, -0.1) is 18.3 Å². The maximum Gasteiger partial charge on any atom is 0.407 e. The van der Waals surface area contributed by atoms with E-state index >= 15 is 0 Å². The number of alkyl carbamates (subject to hydrolysis) is 1. The van der Waals surface area contributed by atoms with Gasteiger partial charge in [0.1, 0.15) is 11.9 Å². The molecule has 3 N–H and O–H groups in total. The van der Waals surface area contributed by atoms with Gasteiger partial charge in [0.15, 0.2) is 0 Å². The van der Waals surface area contributed by atoms with Gasteiger partial charge in [-0.25, -0.2) is 4.79 Å². The van der Waals surface area contributed by atoms with Crippen molar-refractivity contribution in [2.45, 2.75) is 109 Å². The van der Waals surface area contributed by atoms with Crippen molar-refractivity contribution < 1.29 is 34.1 Å². The highest BCUT2D eigenvalue weighted by Crippen LogP contribution is 2.91. The van der Waals surface area contributed by atoms with Crippen LogP contribution in [0.5, 0.6) is 0 Å². The number of ketones is 1. The molecular weight excluding hydrogens is 530 g/mol. The summed E-state index contributed by atoms with van der Waals surface area (Å²) >= 11 is 1.40. The Balaban J connectivity index is 1.29. The molecule has 5 aliphatic carbocycles. The van der Waals surface area contributed by atoms with Gasteiger partial charge in [0, 0.05) is 34.0 Å². The number of aliphatic hydroxyl groups is 2. The van der Waals surface area contributed by atoms with Crippen LogP contribution < -0.4 is 5.32 Å². The van der Waals surface area contributed by atoms with Crippen molar-refractivity contribution in [3.8, 4) is 0 Å². The van der Waals surface area contributed by atoms with E-state index in [0.29, 0.717) is 44.5 Å². The summed E-state index contributed by atoms with van der Waals surface area (Å²) in [7, 11) is 0. The zero-order valence-electron chi connectivity index (χ0n) is 24.6. The molecule has 0 aliphatic heterocycles. The highest BCUT2D eigenvalue weighted by molar-refractivity contribution is 8.00. The van der Waals surface area contributed by atoms with Crippen LogP contribution in [0.25, 0.3) is 0 Å². The lowest BCUT2D eigenvalue weighted by Gasteiger charge is -2.51. The molecule has 40 heavy (non-hydrogen) atoms. The summed E-state index contributed by atoms with van der Waals surface area (Å²) in [5.74, 6) is 0.389. The van der Waals surface area contributed by atoms with Crippen molar-refractivity contribution in [3.05, 3.63) is 12.7 Å². The van der Waals surface area contributed by atoms with Gasteiger partial charge in [-0.2, -0.15) is 0 Å². The number of esters is 1. The minimum atomic E-state index is -0.678. The van der Waals surface area contributed by atoms with E-state index in [1.165, 1.54) is 11.8 Å². The van der Waals surface area contributed by atoms with E-state index in [2.05, 4.69) is 32.7 Å². The first-order valence-electron chi connectivity index (χ1n) is 15.1. The van der Waals surface area contributed by atoms with Crippen molar-refractivity contribution >= 4 is 29.6 Å². The molecule has 0 aromatic heterocycles. The number of carbonyl (C=O) groups is 3. The summed E-state index contributed by atoms with van der Waals surface area (Å²) in [6.45, 7) is 14.6. The lowest BCUT2D eigenvalue weighted by Crippen LogP contribution is -2.53. The number of hydrogen-bond donors (Lipinski definition) is 3. The second-order valence-corrected chi connectivity index (χ2v) is 15.0. The SMILES string of the molecule is C=C[C@]1(C)C[C@@H](OC(=O)CS[C@@H]2CC[C@@H](NC(=O)OCC)C[C@H]2O)[C@]2(C)C(C)CC34C(=O)CC[C@@]3([C@@H](C)[C@@H]1O)[C@@H]42. The predicted molar refractivity (Wildman–Crippen MR) is 153 cm³/mol. The predicted octanol–water partition coefficient (Wildman–Crippen LogP) is 4.26. The molecule has 2 spiro atoms. The van der Waals surface area contributed by atoms with Crippen molar-refractivity contribution in [2.24, 2.45) is 39.4 Å². The Morgan fingerprint density at radius 2 is 1.93 bits per heavy atom. The first kappa shape index (κ1) is 29.9. The Hall–Kier alpha value is -1.58. The third-order valence-corrected chi connectivity index (χ3v) is 13.5. The van der Waals surface area contributed by atoms with E-state index < -0.39 is 35.2 Å². The van der Waals surface area contributed by atoms with Gasteiger partial charge in [0.25, 0.3) is 0 Å². The minimum Gasteiger partial charge on any atom is -0.461 e. The summed E-state index contributed by atoms with van der Waals surface area (Å²) in [5, 5.41) is 25.1. The second-order valence-electron chi connectivity index (χ2n) is 13.8. The molecular formula is C31H47NO7S. The van der Waals surface area contributed by atoms with E-state index in [4.69, 9.17) is 9.47 Å². The molecule has 12 atom stereocenters. The van der Waals surface area contributed by atoms with Gasteiger partial charge in [0.05, 0.1) is 24.6 Å². The van der Waals surface area contributed by atoms with E-state index in [0.717, 1.165) is 12.8 Å². The molecule has 9 heteroatoms. The molecule has 0 heterocycles. The van der Waals surface area contributed by atoms with Crippen LogP contribution in [-0.2, 0) is 19.1 Å². The van der Waals surface area contributed by atoms with Crippen LogP contribution in [-0.4, -0.2) is 70.0 Å². The summed E-state index contributed by atoms with van der Waals surface area (Å²) in [6.07, 6.45) is 3.98. The summed E-state index contributed by atoms with van der Waals surface area (Å²) in [5.41, 5.74) is -1.68. The molecule has 224 valence electrons. The fourth-order valence-corrected chi connectivity index (χ4v) is 11.0. The Labute approximate surface area is 242 Å². The summed E-state index contributed by atoms with van der Waals surface area (Å²) in [6, 6.07) is -0.151. The fourth-order valence-electron chi connectivity index (χ4n) is 9.97. The lowest BCUT2D eigenvalue weighted by atomic mass is 9.57. The first-order valence-corrected chi connectivity index (χ1v) is 16.1. The molecule has 2 unspecified atom stereocenters. The number of thioether (sulfide) groups is 1. The second kappa shape index (κ2) is 10.3. The van der Waals surface area contributed by atoms with Crippen molar-refractivity contribution in [1.82, 2.24) is 5.32 Å². The third-order valence-electron chi connectivity index (χ3n) is 12.1. The number of carbonyl (C=O) groups excluding carboxylic acids is 3. The van der Waals surface area contributed by atoms with Gasteiger partial charge in [-0.05, 0) is 68.6 Å². The maximum atomic E-state index is 13.4. The van der Waals surface area contributed by atoms with Gasteiger partial charge in [-0.3, -0.25) is 9.59 Å². The summed E-state index contributed by atoms with van der Waals surface area (Å²) in [4.78, 5) is 38.6. The molecule has 1 amide bonds. The van der Waals surface area contributed by atoms with Crippen LogP contribution in [0.15, 0.2) is 12.7 Å². The minimum absolute atomic E-state index is 0.0408. The number of aliphatic hydroxyl groups excluding tert-OH is 2. The van der Waals surface area contributed by atoms with Gasteiger partial charge < -0.3 is 25.0 Å². The van der Waals surface area contributed by atoms with E-state index in [-0.39, 0.29) is 51.6 Å². The van der Waals surface area contributed by atoms with Crippen LogP contribution in [0.1, 0.15) is 79.6 Å². The quantitative estimate of drug-likeness (QED) is 0.303. The van der Waals surface area contributed by atoms with Crippen LogP contribution in [0, 0.1) is 39.4 Å². The topological polar surface area (TPSA) is 122 Å². The number of rotatable bonds is 7. The van der Waals surface area contributed by atoms with Crippen LogP contribution in [0.4, 0.5) is 4.79 Å². The molecule has 5 fully saturated rings. The van der Waals surface area contributed by atoms with Gasteiger partial charge in [-0.1, -0.05) is 33.8 Å². The molecule has 0 bridgehead atoms. The monoisotopic (exact) mass is 577 g/mol. The highest BCUT2D eigenvalue weighted by atomic mass is 32.2. The molecule has 0 radical (unpaired) electrons. The van der Waals surface area contributed by atoms with Crippen molar-refractivity contribution in [1.29, 1.82) is 0 Å². The molecule has 5 rings (SSSR count). The van der Waals surface area contributed by atoms with E-state index in [9.17, 15) is 24.6 Å². The Bertz CT molecular complexity index is 1070. The lowest BCUT2D eigenvalue weighted by molar-refractivity contribution is -0.168. The number of hydrogen-bond acceptors (Lipinski definition) is 8. The number of amides is 1. The molecule has 5 aliphatic rings. The highest BCUT2D eigenvalue weighted by Gasteiger charge is 2.92. The van der Waals surface area contributed by atoms with Crippen LogP contribution in [0.3, 0.4) is 0 Å². The maximum absolute atomic E-state index is 13.4. The van der Waals surface area contributed by atoms with Crippen LogP contribution in [0.2, 0.25) is 0 Å². The summed E-state index contributed by atoms with van der Waals surface area (Å²) < 4.78 is 11.3. The zero-order valence-corrected chi connectivity index (χ0v) is 25.4. The molecule has 0 aromatic carbocycles. The average Bonchev–Trinajstić information content (AvgIpc) is 3.27. The Morgan fingerprint density at radius 1 is 1.20 bits per heavy atom. The number of Topliss-reactive ketones (excluding diaryl/α,β-unsaturated/α-hetero) is 1. The first-order chi connectivity index (χ1) is 18.8.